The normalized spacial score (nSPS) is 10.3. The smallest absolute Gasteiger partial charge is 0.290 e. The molecular formula is C17H20N4O2S. The van der Waals surface area contributed by atoms with E-state index in [-0.39, 0.29) is 6.47 Å². The maximum atomic E-state index is 8.36. The average Bonchev–Trinajstić information content (AvgIpc) is 3.18. The molecule has 126 valence electrons. The minimum atomic E-state index is -0.250. The van der Waals surface area contributed by atoms with Crippen LogP contribution in [0.25, 0.3) is 10.6 Å². The molecule has 3 rings (SSSR count). The lowest BCUT2D eigenvalue weighted by Crippen LogP contribution is -2.18. The molecule has 24 heavy (non-hydrogen) atoms. The van der Waals surface area contributed by atoms with E-state index in [0.717, 1.165) is 35.9 Å². The van der Waals surface area contributed by atoms with E-state index in [1.165, 1.54) is 4.88 Å². The fraction of sp³-hybridized carbons (Fsp3) is 0.235. The van der Waals surface area contributed by atoms with Crippen molar-refractivity contribution >= 4 is 17.8 Å². The molecule has 0 spiro atoms. The Bertz CT molecular complexity index is 756. The fourth-order valence-electron chi connectivity index (χ4n) is 2.30. The van der Waals surface area contributed by atoms with Gasteiger partial charge in [-0.3, -0.25) is 19.8 Å². The molecule has 0 saturated heterocycles. The van der Waals surface area contributed by atoms with Crippen LogP contribution in [0.2, 0.25) is 0 Å². The Balaban J connectivity index is 0.000000647. The van der Waals surface area contributed by atoms with Gasteiger partial charge in [0, 0.05) is 24.5 Å². The molecule has 0 fully saturated rings. The third kappa shape index (κ3) is 5.29. The minimum Gasteiger partial charge on any atom is -0.483 e. The Morgan fingerprint density at radius 1 is 1.29 bits per heavy atom. The van der Waals surface area contributed by atoms with E-state index in [4.69, 9.17) is 9.90 Å². The molecule has 2 N–H and O–H groups in total. The van der Waals surface area contributed by atoms with Gasteiger partial charge in [-0.05, 0) is 43.6 Å². The Morgan fingerprint density at radius 2 is 2.08 bits per heavy atom. The maximum Gasteiger partial charge on any atom is 0.290 e. The second-order valence-electron chi connectivity index (χ2n) is 5.30. The number of carbonyl (C=O) groups is 1. The van der Waals surface area contributed by atoms with Gasteiger partial charge in [0.05, 0.1) is 10.6 Å². The fourth-order valence-corrected chi connectivity index (χ4v) is 2.99. The Hall–Kier alpha value is -2.51. The predicted octanol–water partition coefficient (Wildman–Crippen LogP) is 3.17. The number of aryl methyl sites for hydroxylation is 1. The number of aromatic nitrogens is 3. The molecule has 0 aliphatic heterocycles. The van der Waals surface area contributed by atoms with Crippen LogP contribution in [0.1, 0.15) is 17.1 Å². The van der Waals surface area contributed by atoms with Crippen molar-refractivity contribution in [1.29, 1.82) is 0 Å². The summed E-state index contributed by atoms with van der Waals surface area (Å²) < 4.78 is 0. The molecule has 7 heteroatoms. The van der Waals surface area contributed by atoms with Crippen LogP contribution in [0.4, 0.5) is 0 Å². The number of carboxylic acid groups (broad SMARTS) is 1. The zero-order valence-corrected chi connectivity index (χ0v) is 14.5. The lowest BCUT2D eigenvalue weighted by molar-refractivity contribution is -0.122. The van der Waals surface area contributed by atoms with Gasteiger partial charge in [-0.15, -0.1) is 11.3 Å². The molecule has 3 heterocycles. The summed E-state index contributed by atoms with van der Waals surface area (Å²) >= 11 is 1.71. The molecule has 0 unspecified atom stereocenters. The molecule has 0 aliphatic rings. The van der Waals surface area contributed by atoms with Gasteiger partial charge < -0.3 is 5.11 Å². The predicted molar refractivity (Wildman–Crippen MR) is 94.7 cm³/mol. The third-order valence-corrected chi connectivity index (χ3v) is 4.12. The summed E-state index contributed by atoms with van der Waals surface area (Å²) in [5.74, 6) is 0. The van der Waals surface area contributed by atoms with Crippen LogP contribution in [-0.4, -0.2) is 38.7 Å². The Labute approximate surface area is 144 Å². The summed E-state index contributed by atoms with van der Waals surface area (Å²) in [6.07, 6.45) is 0. The van der Waals surface area contributed by atoms with Crippen LogP contribution in [0.5, 0.6) is 0 Å². The highest BCUT2D eigenvalue weighted by atomic mass is 32.1. The SMILES string of the molecule is Cc1cccc(CN(C)Cc2cc(-c3cccs3)n[nH]2)n1.O=CO. The minimum absolute atomic E-state index is 0.250. The number of hydrogen-bond acceptors (Lipinski definition) is 5. The van der Waals surface area contributed by atoms with E-state index in [2.05, 4.69) is 56.8 Å². The first-order valence-corrected chi connectivity index (χ1v) is 8.27. The molecule has 0 aromatic carbocycles. The van der Waals surface area contributed by atoms with E-state index in [1.807, 2.05) is 19.1 Å². The summed E-state index contributed by atoms with van der Waals surface area (Å²) in [6.45, 7) is 3.43. The molecule has 0 aliphatic carbocycles. The first-order valence-electron chi connectivity index (χ1n) is 7.39. The van der Waals surface area contributed by atoms with E-state index in [1.54, 1.807) is 11.3 Å². The maximum absolute atomic E-state index is 8.36. The summed E-state index contributed by atoms with van der Waals surface area (Å²) in [5, 5.41) is 16.5. The van der Waals surface area contributed by atoms with Crippen LogP contribution in [0.15, 0.2) is 41.8 Å². The van der Waals surface area contributed by atoms with E-state index >= 15 is 0 Å². The number of hydrogen-bond donors (Lipinski definition) is 2. The molecule has 3 aromatic rings. The highest BCUT2D eigenvalue weighted by Gasteiger charge is 2.08. The van der Waals surface area contributed by atoms with E-state index < -0.39 is 0 Å². The highest BCUT2D eigenvalue weighted by molar-refractivity contribution is 7.13. The molecule has 0 saturated carbocycles. The number of nitrogens with one attached hydrogen (secondary N) is 1. The van der Waals surface area contributed by atoms with Crippen molar-refractivity contribution in [2.75, 3.05) is 7.05 Å². The van der Waals surface area contributed by atoms with Gasteiger partial charge in [-0.25, -0.2) is 0 Å². The Kier molecular flexibility index (Phi) is 6.65. The van der Waals surface area contributed by atoms with Crippen molar-refractivity contribution in [3.63, 3.8) is 0 Å². The zero-order chi connectivity index (χ0) is 17.4. The number of nitrogens with zero attached hydrogens (tertiary/aromatic N) is 3. The molecule has 0 amide bonds. The van der Waals surface area contributed by atoms with Gasteiger partial charge in [-0.1, -0.05) is 12.1 Å². The quantitative estimate of drug-likeness (QED) is 0.695. The summed E-state index contributed by atoms with van der Waals surface area (Å²) in [7, 11) is 2.09. The second kappa shape index (κ2) is 8.95. The first-order chi connectivity index (χ1) is 11.6. The molecule has 0 atom stereocenters. The molecule has 3 aromatic heterocycles. The zero-order valence-electron chi connectivity index (χ0n) is 13.6. The van der Waals surface area contributed by atoms with Crippen molar-refractivity contribution in [2.45, 2.75) is 20.0 Å². The topological polar surface area (TPSA) is 82.1 Å². The van der Waals surface area contributed by atoms with Crippen LogP contribution in [0, 0.1) is 6.92 Å². The van der Waals surface area contributed by atoms with Crippen molar-refractivity contribution in [1.82, 2.24) is 20.1 Å². The molecule has 6 nitrogen and oxygen atoms in total. The van der Waals surface area contributed by atoms with Crippen LogP contribution < -0.4 is 0 Å². The van der Waals surface area contributed by atoms with E-state index in [9.17, 15) is 0 Å². The van der Waals surface area contributed by atoms with Crippen molar-refractivity contribution in [3.05, 3.63) is 58.9 Å². The average molecular weight is 344 g/mol. The molecule has 0 radical (unpaired) electrons. The summed E-state index contributed by atoms with van der Waals surface area (Å²) in [5.41, 5.74) is 4.29. The second-order valence-corrected chi connectivity index (χ2v) is 6.25. The Morgan fingerprint density at radius 3 is 2.75 bits per heavy atom. The third-order valence-electron chi connectivity index (χ3n) is 3.22. The number of thiophene rings is 1. The number of pyridine rings is 1. The van der Waals surface area contributed by atoms with Crippen LogP contribution in [0.3, 0.4) is 0 Å². The van der Waals surface area contributed by atoms with Gasteiger partial charge in [0.25, 0.3) is 6.47 Å². The van der Waals surface area contributed by atoms with Gasteiger partial charge >= 0.3 is 0 Å². The lowest BCUT2D eigenvalue weighted by Gasteiger charge is -2.15. The van der Waals surface area contributed by atoms with Crippen molar-refractivity contribution in [2.24, 2.45) is 0 Å². The monoisotopic (exact) mass is 344 g/mol. The summed E-state index contributed by atoms with van der Waals surface area (Å²) in [6, 6.07) is 12.4. The van der Waals surface area contributed by atoms with Crippen molar-refractivity contribution < 1.29 is 9.90 Å². The van der Waals surface area contributed by atoms with Gasteiger partial charge in [0.1, 0.15) is 5.69 Å². The van der Waals surface area contributed by atoms with Crippen molar-refractivity contribution in [3.8, 4) is 10.6 Å². The van der Waals surface area contributed by atoms with Gasteiger partial charge in [-0.2, -0.15) is 5.10 Å². The first kappa shape index (κ1) is 17.8. The highest BCUT2D eigenvalue weighted by Crippen LogP contribution is 2.23. The summed E-state index contributed by atoms with van der Waals surface area (Å²) in [4.78, 5) is 16.3. The lowest BCUT2D eigenvalue weighted by atomic mass is 10.2. The molecular weight excluding hydrogens is 324 g/mol. The van der Waals surface area contributed by atoms with E-state index in [0.29, 0.717) is 0 Å². The van der Waals surface area contributed by atoms with Gasteiger partial charge in [0.2, 0.25) is 0 Å². The molecule has 0 bridgehead atoms. The van der Waals surface area contributed by atoms with Gasteiger partial charge in [0.15, 0.2) is 0 Å². The van der Waals surface area contributed by atoms with Crippen LogP contribution >= 0.6 is 11.3 Å². The standard InChI is InChI=1S/C16H18N4S.CH2O2/c1-12-5-3-6-13(17-12)10-20(2)11-14-9-15(19-18-14)16-7-4-8-21-16;2-1-3/h3-9H,10-11H2,1-2H3,(H,18,19);1H,(H,2,3). The number of H-pyrrole nitrogens is 1. The number of aromatic amines is 1. The number of rotatable bonds is 5. The largest absolute Gasteiger partial charge is 0.483 e. The van der Waals surface area contributed by atoms with Crippen LogP contribution in [-0.2, 0) is 17.9 Å².